The summed E-state index contributed by atoms with van der Waals surface area (Å²) < 4.78 is 0. The van der Waals surface area contributed by atoms with E-state index in [2.05, 4.69) is 17.1 Å². The number of amides is 1. The van der Waals surface area contributed by atoms with E-state index < -0.39 is 5.54 Å². The van der Waals surface area contributed by atoms with Gasteiger partial charge in [-0.3, -0.25) is 9.78 Å². The minimum atomic E-state index is -0.448. The molecule has 4 heteroatoms. The van der Waals surface area contributed by atoms with Gasteiger partial charge in [0.25, 0.3) is 0 Å². The Kier molecular flexibility index (Phi) is 5.26. The number of benzene rings is 1. The number of carbonyl (C=O) groups excluding carboxylic acids is 1. The molecule has 0 saturated carbocycles. The second-order valence-electron chi connectivity index (χ2n) is 6.55. The van der Waals surface area contributed by atoms with Crippen molar-refractivity contribution in [2.45, 2.75) is 37.6 Å². The van der Waals surface area contributed by atoms with Crippen molar-refractivity contribution in [3.8, 4) is 0 Å². The molecule has 126 valence electrons. The highest BCUT2D eigenvalue weighted by Crippen LogP contribution is 2.33. The zero-order valence-corrected chi connectivity index (χ0v) is 13.9. The lowest BCUT2D eigenvalue weighted by Gasteiger charge is -2.37. The molecule has 3 rings (SSSR count). The van der Waals surface area contributed by atoms with Gasteiger partial charge in [0.15, 0.2) is 0 Å². The summed E-state index contributed by atoms with van der Waals surface area (Å²) in [7, 11) is 0. The van der Waals surface area contributed by atoms with E-state index in [1.54, 1.807) is 12.4 Å². The number of pyridine rings is 1. The van der Waals surface area contributed by atoms with Crippen molar-refractivity contribution < 1.29 is 9.90 Å². The molecule has 1 aliphatic heterocycles. The number of hydrogen-bond donors (Lipinski definition) is 1. The maximum absolute atomic E-state index is 12.8. The molecule has 24 heavy (non-hydrogen) atoms. The van der Waals surface area contributed by atoms with E-state index in [-0.39, 0.29) is 12.5 Å². The van der Waals surface area contributed by atoms with Crippen LogP contribution in [0.4, 0.5) is 0 Å². The van der Waals surface area contributed by atoms with Gasteiger partial charge in [-0.15, -0.1) is 0 Å². The lowest BCUT2D eigenvalue weighted by molar-refractivity contribution is -0.136. The number of likely N-dealkylation sites (tertiary alicyclic amines) is 1. The Labute approximate surface area is 143 Å². The summed E-state index contributed by atoms with van der Waals surface area (Å²) >= 11 is 0. The Hall–Kier alpha value is -2.20. The van der Waals surface area contributed by atoms with Crippen LogP contribution in [0, 0.1) is 0 Å². The molecule has 1 amide bonds. The third-order valence-electron chi connectivity index (χ3n) is 4.94. The summed E-state index contributed by atoms with van der Waals surface area (Å²) in [6, 6.07) is 14.0. The lowest BCUT2D eigenvalue weighted by atomic mass is 9.88. The molecule has 0 spiro atoms. The van der Waals surface area contributed by atoms with Crippen LogP contribution in [-0.4, -0.2) is 39.6 Å². The van der Waals surface area contributed by atoms with E-state index in [0.717, 1.165) is 24.9 Å². The van der Waals surface area contributed by atoms with Gasteiger partial charge in [-0.2, -0.15) is 0 Å². The van der Waals surface area contributed by atoms with Crippen molar-refractivity contribution in [2.24, 2.45) is 0 Å². The molecule has 1 atom stereocenters. The van der Waals surface area contributed by atoms with E-state index in [1.165, 1.54) is 5.56 Å². The first-order valence-corrected chi connectivity index (χ1v) is 8.58. The van der Waals surface area contributed by atoms with E-state index >= 15 is 0 Å². The third-order valence-corrected chi connectivity index (χ3v) is 4.94. The van der Waals surface area contributed by atoms with Gasteiger partial charge >= 0.3 is 0 Å². The summed E-state index contributed by atoms with van der Waals surface area (Å²) in [5.41, 5.74) is 1.84. The quantitative estimate of drug-likeness (QED) is 0.889. The van der Waals surface area contributed by atoms with Crippen molar-refractivity contribution in [3.05, 3.63) is 66.0 Å². The molecule has 2 heterocycles. The molecule has 1 aromatic carbocycles. The van der Waals surface area contributed by atoms with Crippen molar-refractivity contribution in [2.75, 3.05) is 13.2 Å². The van der Waals surface area contributed by atoms with Crippen LogP contribution in [-0.2, 0) is 17.6 Å². The Morgan fingerprint density at radius 2 is 1.88 bits per heavy atom. The lowest BCUT2D eigenvalue weighted by Crippen LogP contribution is -2.51. The normalized spacial score (nSPS) is 20.3. The smallest absolute Gasteiger partial charge is 0.223 e. The number of nitrogens with zero attached hydrogens (tertiary/aromatic N) is 2. The molecule has 1 saturated heterocycles. The van der Waals surface area contributed by atoms with Crippen LogP contribution < -0.4 is 0 Å². The van der Waals surface area contributed by atoms with E-state index in [0.29, 0.717) is 19.3 Å². The molecule has 1 unspecified atom stereocenters. The maximum atomic E-state index is 12.8. The Bertz CT molecular complexity index is 660. The van der Waals surface area contributed by atoms with Crippen LogP contribution in [0.1, 0.15) is 30.4 Å². The largest absolute Gasteiger partial charge is 0.394 e. The summed E-state index contributed by atoms with van der Waals surface area (Å²) in [4.78, 5) is 18.7. The second kappa shape index (κ2) is 7.58. The average molecular weight is 324 g/mol. The molecule has 1 aromatic heterocycles. The third kappa shape index (κ3) is 3.65. The molecular weight excluding hydrogens is 300 g/mol. The summed E-state index contributed by atoms with van der Waals surface area (Å²) in [6.45, 7) is 0.755. The molecule has 0 aliphatic carbocycles. The highest BCUT2D eigenvalue weighted by atomic mass is 16.3. The van der Waals surface area contributed by atoms with Crippen LogP contribution in [0.25, 0.3) is 0 Å². The minimum absolute atomic E-state index is 0.0168. The first-order valence-electron chi connectivity index (χ1n) is 8.58. The monoisotopic (exact) mass is 324 g/mol. The molecule has 0 radical (unpaired) electrons. The summed E-state index contributed by atoms with van der Waals surface area (Å²) in [5.74, 6) is 0.134. The van der Waals surface area contributed by atoms with Crippen molar-refractivity contribution in [3.63, 3.8) is 0 Å². The van der Waals surface area contributed by atoms with Crippen LogP contribution in [0.2, 0.25) is 0 Å². The highest BCUT2D eigenvalue weighted by Gasteiger charge is 2.42. The number of rotatable bonds is 6. The molecule has 2 aromatic rings. The van der Waals surface area contributed by atoms with Crippen LogP contribution in [0.5, 0.6) is 0 Å². The highest BCUT2D eigenvalue weighted by molar-refractivity contribution is 5.77. The zero-order chi connectivity index (χ0) is 16.8. The molecule has 0 bridgehead atoms. The molecule has 4 nitrogen and oxygen atoms in total. The second-order valence-corrected chi connectivity index (χ2v) is 6.55. The fraction of sp³-hybridized carbons (Fsp3) is 0.400. The van der Waals surface area contributed by atoms with Crippen molar-refractivity contribution in [1.82, 2.24) is 9.88 Å². The van der Waals surface area contributed by atoms with E-state index in [9.17, 15) is 9.90 Å². The summed E-state index contributed by atoms with van der Waals surface area (Å²) in [5, 5.41) is 10.1. The van der Waals surface area contributed by atoms with Crippen LogP contribution in [0.3, 0.4) is 0 Å². The predicted molar refractivity (Wildman–Crippen MR) is 93.5 cm³/mol. The average Bonchev–Trinajstić information content (AvgIpc) is 3.05. The number of aromatic nitrogens is 1. The van der Waals surface area contributed by atoms with Gasteiger partial charge in [0.1, 0.15) is 0 Å². The molecule has 1 N–H and O–H groups in total. The minimum Gasteiger partial charge on any atom is -0.394 e. The van der Waals surface area contributed by atoms with E-state index in [1.807, 2.05) is 35.2 Å². The molecule has 1 fully saturated rings. The maximum Gasteiger partial charge on any atom is 0.223 e. The van der Waals surface area contributed by atoms with Gasteiger partial charge in [-0.1, -0.05) is 30.3 Å². The standard InChI is InChI=1S/C20H24N2O2/c23-16-20(15-18-5-2-1-3-6-18)11-4-14-22(20)19(24)8-7-17-9-12-21-13-10-17/h1-3,5-6,9-10,12-13,23H,4,7-8,11,14-16H2. The topological polar surface area (TPSA) is 53.4 Å². The number of aliphatic hydroxyl groups excluding tert-OH is 1. The molecular formula is C20H24N2O2. The SMILES string of the molecule is O=C(CCc1ccncc1)N1CCCC1(CO)Cc1ccccc1. The summed E-state index contributed by atoms with van der Waals surface area (Å²) in [6.07, 6.45) is 7.22. The van der Waals surface area contributed by atoms with Crippen molar-refractivity contribution >= 4 is 5.91 Å². The number of aliphatic hydroxyl groups is 1. The Morgan fingerprint density at radius 1 is 1.12 bits per heavy atom. The molecule has 1 aliphatic rings. The fourth-order valence-electron chi connectivity index (χ4n) is 3.64. The van der Waals surface area contributed by atoms with Gasteiger partial charge in [-0.05, 0) is 48.9 Å². The van der Waals surface area contributed by atoms with E-state index in [4.69, 9.17) is 0 Å². The number of aryl methyl sites for hydroxylation is 1. The fourth-order valence-corrected chi connectivity index (χ4v) is 3.64. The Balaban J connectivity index is 1.69. The van der Waals surface area contributed by atoms with Gasteiger partial charge in [0.05, 0.1) is 12.1 Å². The number of hydrogen-bond acceptors (Lipinski definition) is 3. The van der Waals surface area contributed by atoms with Gasteiger partial charge in [0, 0.05) is 25.4 Å². The van der Waals surface area contributed by atoms with Gasteiger partial charge in [0.2, 0.25) is 5.91 Å². The van der Waals surface area contributed by atoms with Gasteiger partial charge in [-0.25, -0.2) is 0 Å². The Morgan fingerprint density at radius 3 is 2.58 bits per heavy atom. The van der Waals surface area contributed by atoms with Crippen LogP contribution >= 0.6 is 0 Å². The first-order chi connectivity index (χ1) is 11.7. The van der Waals surface area contributed by atoms with Gasteiger partial charge < -0.3 is 10.0 Å². The van der Waals surface area contributed by atoms with Crippen LogP contribution in [0.15, 0.2) is 54.9 Å². The number of carbonyl (C=O) groups is 1. The zero-order valence-electron chi connectivity index (χ0n) is 13.9. The predicted octanol–water partition coefficient (Wildman–Crippen LogP) is 2.61. The van der Waals surface area contributed by atoms with Crippen molar-refractivity contribution in [1.29, 1.82) is 0 Å². The first kappa shape index (κ1) is 16.7.